The number of carbonyl (C=O) groups excluding carboxylic acids is 1. The summed E-state index contributed by atoms with van der Waals surface area (Å²) in [5, 5.41) is 1.58. The number of hydrogen-bond acceptors (Lipinski definition) is 7. The van der Waals surface area contributed by atoms with Crippen molar-refractivity contribution in [2.75, 3.05) is 25.2 Å². The third-order valence-electron chi connectivity index (χ3n) is 5.03. The van der Waals surface area contributed by atoms with Crippen molar-refractivity contribution in [3.63, 3.8) is 0 Å². The molecule has 0 saturated carbocycles. The molecule has 2 aromatic carbocycles. The number of para-hydroxylation sites is 1. The number of halogens is 1. The fourth-order valence-corrected chi connectivity index (χ4v) is 5.72. The van der Waals surface area contributed by atoms with Crippen LogP contribution in [0.25, 0.3) is 20.4 Å². The monoisotopic (exact) mass is 459 g/mol. The molecule has 154 valence electrons. The molecule has 6 nitrogen and oxygen atoms in total. The Bertz CT molecular complexity index is 1200. The fraction of sp³-hybridized carbons (Fsp3) is 0.286. The van der Waals surface area contributed by atoms with E-state index in [-0.39, 0.29) is 12.0 Å². The molecule has 1 fully saturated rings. The molecule has 9 heteroatoms. The average molecular weight is 460 g/mol. The van der Waals surface area contributed by atoms with Crippen molar-refractivity contribution in [1.82, 2.24) is 9.97 Å². The third-order valence-corrected chi connectivity index (χ3v) is 7.59. The highest BCUT2D eigenvalue weighted by molar-refractivity contribution is 7.23. The molecule has 0 N–H and O–H groups in total. The average Bonchev–Trinajstić information content (AvgIpc) is 3.51. The highest BCUT2D eigenvalue weighted by Crippen LogP contribution is 2.39. The second-order valence-electron chi connectivity index (χ2n) is 6.96. The first-order valence-corrected chi connectivity index (χ1v) is 11.6. The molecular weight excluding hydrogens is 442 g/mol. The highest BCUT2D eigenvalue weighted by atomic mass is 35.5. The van der Waals surface area contributed by atoms with E-state index in [0.29, 0.717) is 39.6 Å². The Balaban J connectivity index is 1.58. The molecular formula is C21H18ClN3O3S2. The maximum atomic E-state index is 13.5. The van der Waals surface area contributed by atoms with Gasteiger partial charge in [0.1, 0.15) is 11.3 Å². The topological polar surface area (TPSA) is 64.6 Å². The van der Waals surface area contributed by atoms with Crippen LogP contribution < -0.4 is 9.64 Å². The lowest BCUT2D eigenvalue weighted by Crippen LogP contribution is -2.37. The molecule has 1 saturated heterocycles. The van der Waals surface area contributed by atoms with Crippen molar-refractivity contribution >= 4 is 65.7 Å². The van der Waals surface area contributed by atoms with E-state index in [0.717, 1.165) is 27.8 Å². The Hall–Kier alpha value is -2.26. The Kier molecular flexibility index (Phi) is 5.32. The van der Waals surface area contributed by atoms with Crippen LogP contribution in [0, 0.1) is 0 Å². The fourth-order valence-electron chi connectivity index (χ4n) is 3.54. The van der Waals surface area contributed by atoms with Crippen molar-refractivity contribution in [1.29, 1.82) is 0 Å². The number of anilines is 1. The van der Waals surface area contributed by atoms with Crippen molar-refractivity contribution in [3.05, 3.63) is 46.4 Å². The number of carbonyl (C=O) groups is 1. The molecule has 0 radical (unpaired) electrons. The molecule has 1 aliphatic heterocycles. The van der Waals surface area contributed by atoms with Crippen LogP contribution in [0.4, 0.5) is 5.13 Å². The van der Waals surface area contributed by atoms with Crippen molar-refractivity contribution in [3.8, 4) is 5.75 Å². The van der Waals surface area contributed by atoms with Gasteiger partial charge in [-0.2, -0.15) is 0 Å². The Labute approximate surface area is 186 Å². The lowest BCUT2D eigenvalue weighted by atomic mass is 10.2. The van der Waals surface area contributed by atoms with E-state index in [1.165, 1.54) is 22.7 Å². The number of ether oxygens (including phenoxy) is 2. The first-order chi connectivity index (χ1) is 14.6. The van der Waals surface area contributed by atoms with Crippen LogP contribution in [0.2, 0.25) is 5.02 Å². The van der Waals surface area contributed by atoms with Gasteiger partial charge in [0.25, 0.3) is 5.91 Å². The number of hydrogen-bond donors (Lipinski definition) is 0. The first-order valence-electron chi connectivity index (χ1n) is 9.56. The molecule has 3 heterocycles. The minimum atomic E-state index is -0.180. The van der Waals surface area contributed by atoms with E-state index < -0.39 is 0 Å². The molecule has 0 bridgehead atoms. The summed E-state index contributed by atoms with van der Waals surface area (Å²) in [6.07, 6.45) is 1.89. The molecule has 1 atom stereocenters. The van der Waals surface area contributed by atoms with Gasteiger partial charge in [-0.05, 0) is 37.1 Å². The maximum absolute atomic E-state index is 13.5. The standard InChI is InChI=1S/C21H18ClN3O3S2/c1-27-15-9-8-13(22)18-17(15)24-21(30-18)25(11-12-5-4-10-28-12)20(26)19-23-14-6-2-3-7-16(14)29-19/h2-3,6-9,12H,4-5,10-11H2,1H3. The summed E-state index contributed by atoms with van der Waals surface area (Å²) in [7, 11) is 1.60. The van der Waals surface area contributed by atoms with E-state index in [1.807, 2.05) is 24.3 Å². The number of aromatic nitrogens is 2. The predicted octanol–water partition coefficient (Wildman–Crippen LogP) is 5.39. The SMILES string of the molecule is COc1ccc(Cl)c2sc(N(CC3CCCO3)C(=O)c3nc4ccccc4s3)nc12. The molecule has 1 unspecified atom stereocenters. The number of nitrogens with zero attached hydrogens (tertiary/aromatic N) is 3. The van der Waals surface area contributed by atoms with Gasteiger partial charge in [-0.25, -0.2) is 9.97 Å². The smallest absolute Gasteiger partial charge is 0.289 e. The third kappa shape index (κ3) is 3.54. The molecule has 30 heavy (non-hydrogen) atoms. The zero-order valence-electron chi connectivity index (χ0n) is 16.1. The van der Waals surface area contributed by atoms with E-state index in [2.05, 4.69) is 4.98 Å². The van der Waals surface area contributed by atoms with Crippen LogP contribution >= 0.6 is 34.3 Å². The van der Waals surface area contributed by atoms with E-state index in [1.54, 1.807) is 24.1 Å². The summed E-state index contributed by atoms with van der Waals surface area (Å²) >= 11 is 9.17. The van der Waals surface area contributed by atoms with Crippen LogP contribution in [0.1, 0.15) is 22.6 Å². The molecule has 5 rings (SSSR count). The second kappa shape index (κ2) is 8.11. The summed E-state index contributed by atoms with van der Waals surface area (Å²) in [4.78, 5) is 24.5. The van der Waals surface area contributed by atoms with Gasteiger partial charge in [-0.1, -0.05) is 35.1 Å². The lowest BCUT2D eigenvalue weighted by Gasteiger charge is -2.22. The maximum Gasteiger partial charge on any atom is 0.289 e. The quantitative estimate of drug-likeness (QED) is 0.400. The molecule has 1 amide bonds. The molecule has 0 aliphatic carbocycles. The summed E-state index contributed by atoms with van der Waals surface area (Å²) in [5.41, 5.74) is 1.47. The van der Waals surface area contributed by atoms with Gasteiger partial charge >= 0.3 is 0 Å². The van der Waals surface area contributed by atoms with E-state index in [4.69, 9.17) is 26.1 Å². The van der Waals surface area contributed by atoms with Crippen LogP contribution in [0.15, 0.2) is 36.4 Å². The van der Waals surface area contributed by atoms with Crippen LogP contribution in [0.5, 0.6) is 5.75 Å². The largest absolute Gasteiger partial charge is 0.494 e. The molecule has 4 aromatic rings. The normalized spacial score (nSPS) is 16.4. The van der Waals surface area contributed by atoms with Crippen molar-refractivity contribution < 1.29 is 14.3 Å². The van der Waals surface area contributed by atoms with Crippen molar-refractivity contribution in [2.24, 2.45) is 0 Å². The van der Waals surface area contributed by atoms with Gasteiger partial charge in [0.15, 0.2) is 10.1 Å². The van der Waals surface area contributed by atoms with Gasteiger partial charge in [-0.15, -0.1) is 11.3 Å². The minimum Gasteiger partial charge on any atom is -0.494 e. The van der Waals surface area contributed by atoms with Gasteiger partial charge in [-0.3, -0.25) is 9.69 Å². The molecule has 2 aromatic heterocycles. The van der Waals surface area contributed by atoms with Crippen LogP contribution in [-0.2, 0) is 4.74 Å². The van der Waals surface area contributed by atoms with Gasteiger partial charge in [0, 0.05) is 6.61 Å². The Morgan fingerprint density at radius 2 is 2.13 bits per heavy atom. The summed E-state index contributed by atoms with van der Waals surface area (Å²) < 4.78 is 13.0. The Morgan fingerprint density at radius 1 is 1.27 bits per heavy atom. The second-order valence-corrected chi connectivity index (χ2v) is 9.38. The van der Waals surface area contributed by atoms with Gasteiger partial charge < -0.3 is 9.47 Å². The first kappa shape index (κ1) is 19.7. The number of fused-ring (bicyclic) bond motifs is 2. The number of methoxy groups -OCH3 is 1. The number of benzene rings is 2. The van der Waals surface area contributed by atoms with Crippen LogP contribution in [-0.4, -0.2) is 42.2 Å². The molecule has 1 aliphatic rings. The van der Waals surface area contributed by atoms with Gasteiger partial charge in [0.05, 0.1) is 39.7 Å². The highest BCUT2D eigenvalue weighted by Gasteiger charge is 2.29. The number of rotatable bonds is 5. The lowest BCUT2D eigenvalue weighted by molar-refractivity contribution is 0.0917. The van der Waals surface area contributed by atoms with E-state index in [9.17, 15) is 4.79 Å². The number of thiazole rings is 2. The van der Waals surface area contributed by atoms with Crippen molar-refractivity contribution in [2.45, 2.75) is 18.9 Å². The Morgan fingerprint density at radius 3 is 2.90 bits per heavy atom. The molecule has 0 spiro atoms. The van der Waals surface area contributed by atoms with Gasteiger partial charge in [0.2, 0.25) is 0 Å². The number of amides is 1. The minimum absolute atomic E-state index is 0.0206. The predicted molar refractivity (Wildman–Crippen MR) is 121 cm³/mol. The summed E-state index contributed by atoms with van der Waals surface area (Å²) in [5.74, 6) is 0.447. The van der Waals surface area contributed by atoms with E-state index >= 15 is 0 Å². The van der Waals surface area contributed by atoms with Crippen LogP contribution in [0.3, 0.4) is 0 Å². The summed E-state index contributed by atoms with van der Waals surface area (Å²) in [6, 6.07) is 11.3. The summed E-state index contributed by atoms with van der Waals surface area (Å²) in [6.45, 7) is 1.14. The zero-order valence-corrected chi connectivity index (χ0v) is 18.5. The zero-order chi connectivity index (χ0) is 20.7.